The Morgan fingerprint density at radius 2 is 2.43 bits per heavy atom. The molecule has 2 atom stereocenters. The molecule has 0 amide bonds. The molecule has 1 aromatic heterocycles. The van der Waals surface area contributed by atoms with Crippen molar-refractivity contribution in [2.75, 3.05) is 18.0 Å². The first-order valence-corrected chi connectivity index (χ1v) is 5.20. The fourth-order valence-electron chi connectivity index (χ4n) is 2.17. The van der Waals surface area contributed by atoms with E-state index < -0.39 is 0 Å². The van der Waals surface area contributed by atoms with Crippen LogP contribution in [-0.4, -0.2) is 24.1 Å². The molecule has 2 heterocycles. The largest absolute Gasteiger partial charge is 0.354 e. The molecule has 0 spiro atoms. The van der Waals surface area contributed by atoms with Gasteiger partial charge < -0.3 is 10.6 Å². The number of pyridine rings is 1. The Morgan fingerprint density at radius 1 is 1.57 bits per heavy atom. The molecule has 14 heavy (non-hydrogen) atoms. The van der Waals surface area contributed by atoms with Crippen molar-refractivity contribution in [3.05, 3.63) is 24.4 Å². The molecule has 0 bridgehead atoms. The second kappa shape index (κ2) is 3.96. The van der Waals surface area contributed by atoms with E-state index in [1.165, 1.54) is 6.42 Å². The zero-order valence-electron chi connectivity index (χ0n) is 8.56. The van der Waals surface area contributed by atoms with Crippen molar-refractivity contribution in [2.24, 2.45) is 11.7 Å². The third-order valence-electron chi connectivity index (χ3n) is 3.16. The lowest BCUT2D eigenvalue weighted by Crippen LogP contribution is -2.33. The van der Waals surface area contributed by atoms with Gasteiger partial charge in [-0.3, -0.25) is 0 Å². The zero-order valence-corrected chi connectivity index (χ0v) is 8.56. The van der Waals surface area contributed by atoms with Crippen LogP contribution >= 0.6 is 0 Å². The first kappa shape index (κ1) is 9.46. The number of nitrogens with zero attached hydrogens (tertiary/aromatic N) is 2. The van der Waals surface area contributed by atoms with Crippen molar-refractivity contribution in [1.82, 2.24) is 4.98 Å². The van der Waals surface area contributed by atoms with E-state index in [9.17, 15) is 0 Å². The highest BCUT2D eigenvalue weighted by Crippen LogP contribution is 2.27. The molecule has 0 aromatic carbocycles. The van der Waals surface area contributed by atoms with E-state index in [2.05, 4.69) is 22.9 Å². The van der Waals surface area contributed by atoms with Crippen LogP contribution in [0.2, 0.25) is 0 Å². The molecule has 0 saturated carbocycles. The van der Waals surface area contributed by atoms with Gasteiger partial charge in [-0.25, -0.2) is 4.98 Å². The van der Waals surface area contributed by atoms with Crippen molar-refractivity contribution in [3.63, 3.8) is 0 Å². The molecular formula is C11H17N3. The molecule has 76 valence electrons. The summed E-state index contributed by atoms with van der Waals surface area (Å²) in [6, 6.07) is 6.57. The Morgan fingerprint density at radius 3 is 3.00 bits per heavy atom. The number of anilines is 1. The summed E-state index contributed by atoms with van der Waals surface area (Å²) in [7, 11) is 0. The number of aromatic nitrogens is 1. The number of nitrogens with two attached hydrogens (primary N) is 1. The van der Waals surface area contributed by atoms with Gasteiger partial charge in [0.05, 0.1) is 0 Å². The fourth-order valence-corrected chi connectivity index (χ4v) is 2.17. The van der Waals surface area contributed by atoms with Crippen molar-refractivity contribution >= 4 is 5.82 Å². The molecule has 0 radical (unpaired) electrons. The Balaban J connectivity index is 2.14. The summed E-state index contributed by atoms with van der Waals surface area (Å²) in [6.45, 7) is 4.10. The number of rotatable bonds is 2. The van der Waals surface area contributed by atoms with Crippen LogP contribution in [0.1, 0.15) is 13.3 Å². The van der Waals surface area contributed by atoms with Gasteiger partial charge in [-0.2, -0.15) is 0 Å². The summed E-state index contributed by atoms with van der Waals surface area (Å²) in [6.07, 6.45) is 3.03. The van der Waals surface area contributed by atoms with Crippen LogP contribution in [0, 0.1) is 5.92 Å². The summed E-state index contributed by atoms with van der Waals surface area (Å²) in [4.78, 5) is 6.71. The van der Waals surface area contributed by atoms with Gasteiger partial charge >= 0.3 is 0 Å². The highest BCUT2D eigenvalue weighted by molar-refractivity contribution is 5.40. The maximum Gasteiger partial charge on any atom is 0.128 e. The lowest BCUT2D eigenvalue weighted by molar-refractivity contribution is 0.507. The second-order valence-corrected chi connectivity index (χ2v) is 3.91. The molecule has 1 aromatic rings. The average molecular weight is 191 g/mol. The molecule has 1 fully saturated rings. The van der Waals surface area contributed by atoms with Crippen molar-refractivity contribution in [2.45, 2.75) is 19.4 Å². The van der Waals surface area contributed by atoms with E-state index in [4.69, 9.17) is 5.73 Å². The Hall–Kier alpha value is -1.09. The summed E-state index contributed by atoms with van der Waals surface area (Å²) in [5.74, 6) is 1.70. The maximum atomic E-state index is 5.72. The topological polar surface area (TPSA) is 42.1 Å². The van der Waals surface area contributed by atoms with E-state index in [0.29, 0.717) is 12.0 Å². The standard InChI is InChI=1S/C11H17N3/c1-9-10(8-12)5-7-14(9)11-4-2-3-6-13-11/h2-4,6,9-10H,5,7-8,12H2,1H3. The van der Waals surface area contributed by atoms with Crippen LogP contribution in [0.4, 0.5) is 5.82 Å². The minimum absolute atomic E-state index is 0.523. The van der Waals surface area contributed by atoms with Gasteiger partial charge in [-0.1, -0.05) is 6.07 Å². The average Bonchev–Trinajstić information content (AvgIpc) is 2.61. The van der Waals surface area contributed by atoms with Crippen LogP contribution in [0.15, 0.2) is 24.4 Å². The monoisotopic (exact) mass is 191 g/mol. The second-order valence-electron chi connectivity index (χ2n) is 3.91. The SMILES string of the molecule is CC1C(CN)CCN1c1ccccn1. The highest BCUT2D eigenvalue weighted by Gasteiger charge is 2.29. The molecule has 2 unspecified atom stereocenters. The van der Waals surface area contributed by atoms with Gasteiger partial charge in [-0.05, 0) is 37.9 Å². The Labute approximate surface area is 84.9 Å². The third kappa shape index (κ3) is 1.60. The lowest BCUT2D eigenvalue weighted by atomic mass is 10.0. The first-order valence-electron chi connectivity index (χ1n) is 5.20. The molecule has 3 heteroatoms. The van der Waals surface area contributed by atoms with E-state index >= 15 is 0 Å². The summed E-state index contributed by atoms with van der Waals surface area (Å²) in [5.41, 5.74) is 5.72. The summed E-state index contributed by atoms with van der Waals surface area (Å²) < 4.78 is 0. The predicted molar refractivity (Wildman–Crippen MR) is 58.2 cm³/mol. The van der Waals surface area contributed by atoms with Crippen LogP contribution in [-0.2, 0) is 0 Å². The van der Waals surface area contributed by atoms with Gasteiger partial charge in [0.15, 0.2) is 0 Å². The van der Waals surface area contributed by atoms with E-state index in [-0.39, 0.29) is 0 Å². The van der Waals surface area contributed by atoms with Gasteiger partial charge in [0.25, 0.3) is 0 Å². The molecule has 0 aliphatic carbocycles. The molecule has 1 aliphatic heterocycles. The van der Waals surface area contributed by atoms with Gasteiger partial charge in [0.2, 0.25) is 0 Å². The van der Waals surface area contributed by atoms with Gasteiger partial charge in [-0.15, -0.1) is 0 Å². The molecule has 2 rings (SSSR count). The molecular weight excluding hydrogens is 174 g/mol. The molecule has 2 N–H and O–H groups in total. The van der Waals surface area contributed by atoms with E-state index in [0.717, 1.165) is 18.9 Å². The van der Waals surface area contributed by atoms with Crippen LogP contribution < -0.4 is 10.6 Å². The summed E-state index contributed by atoms with van der Waals surface area (Å²) >= 11 is 0. The van der Waals surface area contributed by atoms with Crippen LogP contribution in [0.25, 0.3) is 0 Å². The Kier molecular flexibility index (Phi) is 2.68. The quantitative estimate of drug-likeness (QED) is 0.765. The minimum atomic E-state index is 0.523. The maximum absolute atomic E-state index is 5.72. The molecule has 3 nitrogen and oxygen atoms in total. The number of hydrogen-bond donors (Lipinski definition) is 1. The summed E-state index contributed by atoms with van der Waals surface area (Å²) in [5, 5.41) is 0. The fraction of sp³-hybridized carbons (Fsp3) is 0.545. The molecule has 1 aliphatic rings. The van der Waals surface area contributed by atoms with Crippen LogP contribution in [0.5, 0.6) is 0 Å². The molecule has 1 saturated heterocycles. The van der Waals surface area contributed by atoms with Crippen molar-refractivity contribution in [1.29, 1.82) is 0 Å². The zero-order chi connectivity index (χ0) is 9.97. The number of hydrogen-bond acceptors (Lipinski definition) is 3. The third-order valence-corrected chi connectivity index (χ3v) is 3.16. The van der Waals surface area contributed by atoms with Gasteiger partial charge in [0.1, 0.15) is 5.82 Å². The predicted octanol–water partition coefficient (Wildman–Crippen LogP) is 1.26. The van der Waals surface area contributed by atoms with Crippen LogP contribution in [0.3, 0.4) is 0 Å². The smallest absolute Gasteiger partial charge is 0.128 e. The first-order chi connectivity index (χ1) is 6.83. The highest BCUT2D eigenvalue weighted by atomic mass is 15.2. The van der Waals surface area contributed by atoms with Crippen molar-refractivity contribution < 1.29 is 0 Å². The van der Waals surface area contributed by atoms with Gasteiger partial charge in [0, 0.05) is 18.8 Å². The Bertz CT molecular complexity index is 286. The van der Waals surface area contributed by atoms with E-state index in [1.54, 1.807) is 0 Å². The lowest BCUT2D eigenvalue weighted by Gasteiger charge is -2.24. The van der Waals surface area contributed by atoms with Crippen molar-refractivity contribution in [3.8, 4) is 0 Å². The normalized spacial score (nSPS) is 26.9. The van der Waals surface area contributed by atoms with E-state index in [1.807, 2.05) is 18.3 Å². The minimum Gasteiger partial charge on any atom is -0.354 e.